The Bertz CT molecular complexity index is 893. The van der Waals surface area contributed by atoms with Crippen LogP contribution in [0.3, 0.4) is 0 Å². The first-order chi connectivity index (χ1) is 11.8. The second-order valence-electron chi connectivity index (χ2n) is 6.80. The lowest BCUT2D eigenvalue weighted by atomic mass is 9.70. The van der Waals surface area contributed by atoms with Gasteiger partial charge in [-0.15, -0.1) is 11.3 Å². The first-order valence-electron chi connectivity index (χ1n) is 7.95. The number of hydrogen-bond acceptors (Lipinski definition) is 6. The summed E-state index contributed by atoms with van der Waals surface area (Å²) < 4.78 is 5.83. The van der Waals surface area contributed by atoms with Crippen LogP contribution in [0.4, 0.5) is 0 Å². The Morgan fingerprint density at radius 2 is 2.12 bits per heavy atom. The number of carbonyl (C=O) groups is 1. The molecule has 0 unspecified atom stereocenters. The van der Waals surface area contributed by atoms with Crippen molar-refractivity contribution in [2.24, 2.45) is 5.41 Å². The largest absolute Gasteiger partial charge is 0.367 e. The first kappa shape index (κ1) is 17.5. The molecule has 5 nitrogen and oxygen atoms in total. The van der Waals surface area contributed by atoms with Gasteiger partial charge in [-0.25, -0.2) is 4.98 Å². The van der Waals surface area contributed by atoms with Crippen molar-refractivity contribution in [3.63, 3.8) is 0 Å². The molecule has 6 heteroatoms. The summed E-state index contributed by atoms with van der Waals surface area (Å²) in [4.78, 5) is 22.5. The number of nitriles is 1. The van der Waals surface area contributed by atoms with E-state index in [2.05, 4.69) is 4.98 Å². The van der Waals surface area contributed by atoms with Crippen LogP contribution in [-0.4, -0.2) is 22.9 Å². The summed E-state index contributed by atoms with van der Waals surface area (Å²) in [6.07, 6.45) is 3.81. The van der Waals surface area contributed by atoms with Gasteiger partial charge in [0.15, 0.2) is 5.78 Å². The van der Waals surface area contributed by atoms with E-state index < -0.39 is 11.0 Å². The van der Waals surface area contributed by atoms with Gasteiger partial charge in [-0.1, -0.05) is 19.9 Å². The maximum atomic E-state index is 12.4. The number of rotatable bonds is 3. The van der Waals surface area contributed by atoms with Gasteiger partial charge in [0.1, 0.15) is 16.7 Å². The molecule has 2 aromatic rings. The standard InChI is InChI=1S/C19H19N3O2S/c1-12-15(14-7-5-6-8-21-14)25-17(22-12)19(24-4)9-13(10-20)16(23)18(2,3)11-19/h5-9H,11H2,1-4H3/t19-/m1/s1. The highest BCUT2D eigenvalue weighted by Crippen LogP contribution is 2.47. The second-order valence-corrected chi connectivity index (χ2v) is 7.80. The Kier molecular flexibility index (Phi) is 4.31. The molecule has 0 fully saturated rings. The molecule has 25 heavy (non-hydrogen) atoms. The zero-order valence-corrected chi connectivity index (χ0v) is 15.5. The van der Waals surface area contributed by atoms with Crippen molar-refractivity contribution >= 4 is 17.1 Å². The van der Waals surface area contributed by atoms with Crippen LogP contribution >= 0.6 is 11.3 Å². The van der Waals surface area contributed by atoms with Crippen molar-refractivity contribution in [1.82, 2.24) is 9.97 Å². The van der Waals surface area contributed by atoms with Gasteiger partial charge in [-0.3, -0.25) is 9.78 Å². The Labute approximate surface area is 151 Å². The summed E-state index contributed by atoms with van der Waals surface area (Å²) in [5.41, 5.74) is 0.263. The minimum Gasteiger partial charge on any atom is -0.367 e. The van der Waals surface area contributed by atoms with E-state index in [1.165, 1.54) is 11.3 Å². The summed E-state index contributed by atoms with van der Waals surface area (Å²) in [7, 11) is 1.59. The SMILES string of the molecule is CO[C@]1(c2nc(C)c(-c3ccccn3)s2)C=C(C#N)C(=O)C(C)(C)C1. The van der Waals surface area contributed by atoms with Gasteiger partial charge in [0.25, 0.3) is 0 Å². The van der Waals surface area contributed by atoms with E-state index in [4.69, 9.17) is 9.72 Å². The molecule has 2 heterocycles. The molecule has 1 aliphatic carbocycles. The lowest BCUT2D eigenvalue weighted by Crippen LogP contribution is -2.42. The number of pyridine rings is 1. The monoisotopic (exact) mass is 353 g/mol. The van der Waals surface area contributed by atoms with Gasteiger partial charge in [0.2, 0.25) is 0 Å². The topological polar surface area (TPSA) is 75.9 Å². The van der Waals surface area contributed by atoms with Crippen LogP contribution in [0.2, 0.25) is 0 Å². The van der Waals surface area contributed by atoms with Crippen molar-refractivity contribution in [2.45, 2.75) is 32.8 Å². The summed E-state index contributed by atoms with van der Waals surface area (Å²) in [6.45, 7) is 5.61. The molecule has 0 saturated heterocycles. The third-order valence-electron chi connectivity index (χ3n) is 4.48. The Morgan fingerprint density at radius 1 is 1.36 bits per heavy atom. The molecule has 0 bridgehead atoms. The molecule has 0 radical (unpaired) electrons. The van der Waals surface area contributed by atoms with E-state index in [1.54, 1.807) is 19.4 Å². The van der Waals surface area contributed by atoms with Crippen LogP contribution in [0.15, 0.2) is 36.0 Å². The van der Waals surface area contributed by atoms with Crippen molar-refractivity contribution in [3.8, 4) is 16.6 Å². The number of ketones is 1. The predicted octanol–water partition coefficient (Wildman–Crippen LogP) is 3.80. The van der Waals surface area contributed by atoms with Gasteiger partial charge in [0, 0.05) is 18.7 Å². The van der Waals surface area contributed by atoms with Crippen LogP contribution in [0, 0.1) is 23.7 Å². The van der Waals surface area contributed by atoms with E-state index in [0.717, 1.165) is 21.3 Å². The van der Waals surface area contributed by atoms with Gasteiger partial charge >= 0.3 is 0 Å². The number of aromatic nitrogens is 2. The average Bonchev–Trinajstić information content (AvgIpc) is 3.00. The van der Waals surface area contributed by atoms with Crippen LogP contribution in [0.1, 0.15) is 31.0 Å². The number of hydrogen-bond donors (Lipinski definition) is 0. The maximum absolute atomic E-state index is 12.4. The van der Waals surface area contributed by atoms with Gasteiger partial charge in [-0.05, 0) is 31.6 Å². The molecule has 0 aromatic carbocycles. The quantitative estimate of drug-likeness (QED) is 0.839. The number of aryl methyl sites for hydroxylation is 1. The normalized spacial score (nSPS) is 22.4. The molecule has 1 aliphatic rings. The number of nitrogens with zero attached hydrogens (tertiary/aromatic N) is 3. The summed E-state index contributed by atoms with van der Waals surface area (Å²) >= 11 is 1.49. The van der Waals surface area contributed by atoms with Crippen LogP contribution in [0.5, 0.6) is 0 Å². The van der Waals surface area contributed by atoms with E-state index in [-0.39, 0.29) is 11.4 Å². The van der Waals surface area contributed by atoms with E-state index in [9.17, 15) is 10.1 Å². The lowest BCUT2D eigenvalue weighted by Gasteiger charge is -2.38. The minimum absolute atomic E-state index is 0.130. The van der Waals surface area contributed by atoms with Crippen molar-refractivity contribution < 1.29 is 9.53 Å². The molecule has 128 valence electrons. The number of ether oxygens (including phenoxy) is 1. The number of allylic oxidation sites excluding steroid dienone is 1. The fraction of sp³-hybridized carbons (Fsp3) is 0.368. The third-order valence-corrected chi connectivity index (χ3v) is 5.82. The van der Waals surface area contributed by atoms with Gasteiger partial charge in [0.05, 0.1) is 21.8 Å². The number of carbonyl (C=O) groups excluding carboxylic acids is 1. The Morgan fingerprint density at radius 3 is 2.72 bits per heavy atom. The smallest absolute Gasteiger partial charge is 0.178 e. The number of thiazole rings is 1. The summed E-state index contributed by atoms with van der Waals surface area (Å²) in [6, 6.07) is 7.76. The summed E-state index contributed by atoms with van der Waals surface area (Å²) in [5, 5.41) is 10.1. The Hall–Kier alpha value is -2.36. The second kappa shape index (κ2) is 6.17. The molecule has 1 atom stereocenters. The number of methoxy groups -OCH3 is 1. The zero-order chi connectivity index (χ0) is 18.2. The highest BCUT2D eigenvalue weighted by Gasteiger charge is 2.48. The third kappa shape index (κ3) is 2.90. The predicted molar refractivity (Wildman–Crippen MR) is 95.9 cm³/mol. The van der Waals surface area contributed by atoms with E-state index in [0.29, 0.717) is 6.42 Å². The molecule has 0 aliphatic heterocycles. The fourth-order valence-electron chi connectivity index (χ4n) is 3.20. The molecule has 0 saturated carbocycles. The number of Topliss-reactive ketones (excluding diaryl/α,β-unsaturated/α-hetero) is 1. The molecular formula is C19H19N3O2S. The van der Waals surface area contributed by atoms with Gasteiger partial charge < -0.3 is 4.74 Å². The van der Waals surface area contributed by atoms with E-state index in [1.807, 2.05) is 45.0 Å². The Balaban J connectivity index is 2.15. The first-order valence-corrected chi connectivity index (χ1v) is 8.77. The molecule has 3 rings (SSSR count). The zero-order valence-electron chi connectivity index (χ0n) is 14.7. The highest BCUT2D eigenvalue weighted by atomic mass is 32.1. The maximum Gasteiger partial charge on any atom is 0.178 e. The van der Waals surface area contributed by atoms with Gasteiger partial charge in [-0.2, -0.15) is 5.26 Å². The molecule has 0 N–H and O–H groups in total. The van der Waals surface area contributed by atoms with Crippen molar-refractivity contribution in [3.05, 3.63) is 46.7 Å². The lowest BCUT2D eigenvalue weighted by molar-refractivity contribution is -0.128. The van der Waals surface area contributed by atoms with Crippen LogP contribution < -0.4 is 0 Å². The fourth-order valence-corrected chi connectivity index (χ4v) is 4.38. The van der Waals surface area contributed by atoms with Crippen molar-refractivity contribution in [2.75, 3.05) is 7.11 Å². The van der Waals surface area contributed by atoms with Crippen molar-refractivity contribution in [1.29, 1.82) is 5.26 Å². The van der Waals surface area contributed by atoms with Crippen LogP contribution in [0.25, 0.3) is 10.6 Å². The molecular weight excluding hydrogens is 334 g/mol. The molecule has 2 aromatic heterocycles. The van der Waals surface area contributed by atoms with Crippen LogP contribution in [-0.2, 0) is 15.1 Å². The molecule has 0 spiro atoms. The molecule has 0 amide bonds. The summed E-state index contributed by atoms with van der Waals surface area (Å²) in [5.74, 6) is -0.152. The highest BCUT2D eigenvalue weighted by molar-refractivity contribution is 7.15. The van der Waals surface area contributed by atoms with E-state index >= 15 is 0 Å². The average molecular weight is 353 g/mol. The minimum atomic E-state index is -0.884.